The van der Waals surface area contributed by atoms with Crippen molar-refractivity contribution in [1.82, 2.24) is 0 Å². The number of carbonyl (C=O) groups is 2. The van der Waals surface area contributed by atoms with E-state index in [-0.39, 0.29) is 5.78 Å². The van der Waals surface area contributed by atoms with Gasteiger partial charge in [0.2, 0.25) is 0 Å². The van der Waals surface area contributed by atoms with Crippen LogP contribution in [0.3, 0.4) is 0 Å². The first-order chi connectivity index (χ1) is 7.74. The normalized spacial score (nSPS) is 15.3. The Morgan fingerprint density at radius 1 is 1.38 bits per heavy atom. The highest BCUT2D eigenvalue weighted by atomic mass is 16.5. The summed E-state index contributed by atoms with van der Waals surface area (Å²) in [6, 6.07) is 7.14. The Balaban J connectivity index is 2.46. The second-order valence-electron chi connectivity index (χ2n) is 3.67. The number of Topliss-reactive ketones (excluding diaryl/α,β-unsaturated/α-hetero) is 1. The van der Waals surface area contributed by atoms with Crippen LogP contribution in [-0.4, -0.2) is 25.5 Å². The van der Waals surface area contributed by atoms with Gasteiger partial charge >= 0.3 is 6.09 Å². The van der Waals surface area contributed by atoms with Crippen molar-refractivity contribution in [3.63, 3.8) is 0 Å². The van der Waals surface area contributed by atoms with E-state index in [1.807, 2.05) is 6.07 Å². The highest BCUT2D eigenvalue weighted by molar-refractivity contribution is 6.05. The van der Waals surface area contributed by atoms with Crippen LogP contribution in [0.5, 0.6) is 0 Å². The third-order valence-corrected chi connectivity index (χ3v) is 2.68. The molecule has 4 heteroatoms. The maximum Gasteiger partial charge on any atom is 0.414 e. The standard InChI is InChI=1S/C12H13NO3/c1-16-12(15)13-8-4-7-11(14)9-5-2-3-6-10(9)13/h2-3,5-6H,4,7-8H2,1H3. The smallest absolute Gasteiger partial charge is 0.414 e. The quantitative estimate of drug-likeness (QED) is 0.672. The second-order valence-corrected chi connectivity index (χ2v) is 3.67. The Morgan fingerprint density at radius 3 is 2.88 bits per heavy atom. The molecule has 0 bridgehead atoms. The minimum Gasteiger partial charge on any atom is -0.452 e. The molecular weight excluding hydrogens is 206 g/mol. The van der Waals surface area contributed by atoms with Crippen molar-refractivity contribution in [3.8, 4) is 0 Å². The summed E-state index contributed by atoms with van der Waals surface area (Å²) < 4.78 is 4.71. The van der Waals surface area contributed by atoms with Gasteiger partial charge in [-0.1, -0.05) is 12.1 Å². The number of hydrogen-bond acceptors (Lipinski definition) is 3. The SMILES string of the molecule is COC(=O)N1CCCC(=O)c2ccccc21. The summed E-state index contributed by atoms with van der Waals surface area (Å²) in [4.78, 5) is 24.9. The fourth-order valence-electron chi connectivity index (χ4n) is 1.90. The molecule has 4 nitrogen and oxygen atoms in total. The number of ether oxygens (including phenoxy) is 1. The minimum absolute atomic E-state index is 0.0852. The summed E-state index contributed by atoms with van der Waals surface area (Å²) in [6.45, 7) is 0.523. The average Bonchev–Trinajstić information content (AvgIpc) is 2.49. The van der Waals surface area contributed by atoms with Crippen LogP contribution in [0.1, 0.15) is 23.2 Å². The van der Waals surface area contributed by atoms with E-state index in [1.54, 1.807) is 18.2 Å². The maximum absolute atomic E-state index is 11.8. The number of hydrogen-bond donors (Lipinski definition) is 0. The summed E-state index contributed by atoms with van der Waals surface area (Å²) in [5, 5.41) is 0. The number of benzene rings is 1. The lowest BCUT2D eigenvalue weighted by Gasteiger charge is -2.20. The molecule has 1 aliphatic heterocycles. The topological polar surface area (TPSA) is 46.6 Å². The number of carbonyl (C=O) groups excluding carboxylic acids is 2. The molecular formula is C12H13NO3. The van der Waals surface area contributed by atoms with Crippen LogP contribution in [0.4, 0.5) is 10.5 Å². The minimum atomic E-state index is -0.415. The van der Waals surface area contributed by atoms with E-state index in [9.17, 15) is 9.59 Å². The Morgan fingerprint density at radius 2 is 2.12 bits per heavy atom. The number of ketones is 1. The van der Waals surface area contributed by atoms with Crippen molar-refractivity contribution in [2.24, 2.45) is 0 Å². The van der Waals surface area contributed by atoms with E-state index in [2.05, 4.69) is 0 Å². The number of para-hydroxylation sites is 1. The van der Waals surface area contributed by atoms with Gasteiger partial charge in [-0.3, -0.25) is 9.69 Å². The third kappa shape index (κ3) is 1.78. The lowest BCUT2D eigenvalue weighted by Crippen LogP contribution is -2.31. The molecule has 2 rings (SSSR count). The molecule has 1 amide bonds. The van der Waals surface area contributed by atoms with Gasteiger partial charge in [-0.25, -0.2) is 4.79 Å². The summed E-state index contributed by atoms with van der Waals surface area (Å²) in [5.41, 5.74) is 1.25. The molecule has 0 radical (unpaired) electrons. The maximum atomic E-state index is 11.8. The van der Waals surface area contributed by atoms with Crippen LogP contribution in [0, 0.1) is 0 Å². The number of methoxy groups -OCH3 is 1. The van der Waals surface area contributed by atoms with Crippen LogP contribution in [0.15, 0.2) is 24.3 Å². The molecule has 0 saturated heterocycles. The molecule has 0 saturated carbocycles. The lowest BCUT2D eigenvalue weighted by atomic mass is 10.1. The molecule has 1 heterocycles. The van der Waals surface area contributed by atoms with E-state index in [0.717, 1.165) is 0 Å². The summed E-state index contributed by atoms with van der Waals surface area (Å²) in [6.07, 6.45) is 0.731. The number of nitrogens with zero attached hydrogens (tertiary/aromatic N) is 1. The zero-order chi connectivity index (χ0) is 11.5. The second kappa shape index (κ2) is 4.35. The Kier molecular flexibility index (Phi) is 2.90. The third-order valence-electron chi connectivity index (χ3n) is 2.68. The Hall–Kier alpha value is -1.84. The van der Waals surface area contributed by atoms with Crippen molar-refractivity contribution in [3.05, 3.63) is 29.8 Å². The molecule has 0 N–H and O–H groups in total. The zero-order valence-electron chi connectivity index (χ0n) is 9.10. The average molecular weight is 219 g/mol. The first-order valence-electron chi connectivity index (χ1n) is 5.21. The van der Waals surface area contributed by atoms with Gasteiger partial charge in [0.15, 0.2) is 5.78 Å². The lowest BCUT2D eigenvalue weighted by molar-refractivity contribution is 0.0983. The van der Waals surface area contributed by atoms with Gasteiger partial charge in [-0.2, -0.15) is 0 Å². The number of anilines is 1. The Labute approximate surface area is 93.8 Å². The van der Waals surface area contributed by atoms with Crippen LogP contribution < -0.4 is 4.90 Å². The molecule has 0 fully saturated rings. The van der Waals surface area contributed by atoms with Gasteiger partial charge in [0, 0.05) is 18.5 Å². The highest BCUT2D eigenvalue weighted by Gasteiger charge is 2.24. The Bertz CT molecular complexity index is 428. The predicted octanol–water partition coefficient (Wildman–Crippen LogP) is 2.24. The molecule has 0 unspecified atom stereocenters. The van der Waals surface area contributed by atoms with Gasteiger partial charge in [-0.15, -0.1) is 0 Å². The molecule has 1 aliphatic rings. The molecule has 0 spiro atoms. The van der Waals surface area contributed by atoms with Crippen molar-refractivity contribution in [2.75, 3.05) is 18.6 Å². The van der Waals surface area contributed by atoms with Gasteiger partial charge in [0.1, 0.15) is 0 Å². The van der Waals surface area contributed by atoms with Crippen molar-refractivity contribution < 1.29 is 14.3 Å². The molecule has 0 aromatic heterocycles. The number of fused-ring (bicyclic) bond motifs is 1. The summed E-state index contributed by atoms with van der Waals surface area (Å²) in [7, 11) is 1.34. The number of amides is 1. The number of rotatable bonds is 0. The van der Waals surface area contributed by atoms with E-state index in [1.165, 1.54) is 12.0 Å². The molecule has 84 valence electrons. The highest BCUT2D eigenvalue weighted by Crippen LogP contribution is 2.26. The van der Waals surface area contributed by atoms with E-state index >= 15 is 0 Å². The fraction of sp³-hybridized carbons (Fsp3) is 0.333. The molecule has 16 heavy (non-hydrogen) atoms. The summed E-state index contributed by atoms with van der Waals surface area (Å²) >= 11 is 0. The summed E-state index contributed by atoms with van der Waals surface area (Å²) in [5.74, 6) is 0.0852. The van der Waals surface area contributed by atoms with Crippen molar-refractivity contribution in [1.29, 1.82) is 0 Å². The molecule has 1 aromatic carbocycles. The molecule has 0 atom stereocenters. The van der Waals surface area contributed by atoms with E-state index in [0.29, 0.717) is 30.6 Å². The largest absolute Gasteiger partial charge is 0.452 e. The zero-order valence-corrected chi connectivity index (χ0v) is 9.10. The van der Waals surface area contributed by atoms with Gasteiger partial charge in [0.05, 0.1) is 12.8 Å². The predicted molar refractivity (Wildman–Crippen MR) is 59.8 cm³/mol. The fourth-order valence-corrected chi connectivity index (χ4v) is 1.90. The van der Waals surface area contributed by atoms with E-state index in [4.69, 9.17) is 4.74 Å². The van der Waals surface area contributed by atoms with Crippen LogP contribution in [-0.2, 0) is 4.74 Å². The molecule has 1 aromatic rings. The van der Waals surface area contributed by atoms with Gasteiger partial charge in [0.25, 0.3) is 0 Å². The van der Waals surface area contributed by atoms with Crippen LogP contribution >= 0.6 is 0 Å². The van der Waals surface area contributed by atoms with E-state index < -0.39 is 6.09 Å². The molecule has 0 aliphatic carbocycles. The van der Waals surface area contributed by atoms with Crippen molar-refractivity contribution >= 4 is 17.6 Å². The van der Waals surface area contributed by atoms with Gasteiger partial charge < -0.3 is 4.74 Å². The monoisotopic (exact) mass is 219 g/mol. The van der Waals surface area contributed by atoms with Crippen LogP contribution in [0.2, 0.25) is 0 Å². The first-order valence-corrected chi connectivity index (χ1v) is 5.21. The first kappa shape index (κ1) is 10.7. The van der Waals surface area contributed by atoms with Crippen LogP contribution in [0.25, 0.3) is 0 Å². The van der Waals surface area contributed by atoms with Crippen molar-refractivity contribution in [2.45, 2.75) is 12.8 Å². The van der Waals surface area contributed by atoms with Gasteiger partial charge in [-0.05, 0) is 18.6 Å².